The largest absolute Gasteiger partial charge is 0.335 e. The van der Waals surface area contributed by atoms with E-state index >= 15 is 0 Å². The summed E-state index contributed by atoms with van der Waals surface area (Å²) in [4.78, 5) is 25.8. The molecule has 1 unspecified atom stereocenters. The van der Waals surface area contributed by atoms with E-state index in [0.717, 1.165) is 30.3 Å². The lowest BCUT2D eigenvalue weighted by Crippen LogP contribution is -2.44. The lowest BCUT2D eigenvalue weighted by Gasteiger charge is -2.35. The van der Waals surface area contributed by atoms with Crippen LogP contribution >= 0.6 is 15.9 Å². The molecule has 1 saturated heterocycles. The van der Waals surface area contributed by atoms with E-state index < -0.39 is 0 Å². The van der Waals surface area contributed by atoms with Gasteiger partial charge in [0, 0.05) is 23.5 Å². The van der Waals surface area contributed by atoms with Gasteiger partial charge in [-0.2, -0.15) is 0 Å². The maximum atomic E-state index is 12.6. The van der Waals surface area contributed by atoms with Crippen LogP contribution in [0.15, 0.2) is 28.7 Å². The molecule has 3 nitrogen and oxygen atoms in total. The zero-order chi connectivity index (χ0) is 13.8. The minimum atomic E-state index is 0.0263. The number of hydrogen-bond donors (Lipinski definition) is 0. The Morgan fingerprint density at radius 2 is 2.05 bits per heavy atom. The highest BCUT2D eigenvalue weighted by atomic mass is 79.9. The summed E-state index contributed by atoms with van der Waals surface area (Å²) >= 11 is 3.42. The van der Waals surface area contributed by atoms with Crippen molar-refractivity contribution in [1.29, 1.82) is 0 Å². The van der Waals surface area contributed by atoms with Crippen molar-refractivity contribution in [2.75, 3.05) is 6.54 Å². The molecule has 1 aliphatic heterocycles. The fourth-order valence-corrected chi connectivity index (χ4v) is 3.06. The van der Waals surface area contributed by atoms with E-state index in [-0.39, 0.29) is 17.7 Å². The molecule has 1 atom stereocenters. The van der Waals surface area contributed by atoms with Crippen LogP contribution in [0.4, 0.5) is 0 Å². The van der Waals surface area contributed by atoms with Gasteiger partial charge in [-0.15, -0.1) is 0 Å². The van der Waals surface area contributed by atoms with Gasteiger partial charge < -0.3 is 4.90 Å². The number of benzene rings is 1. The molecule has 0 aliphatic carbocycles. The van der Waals surface area contributed by atoms with Crippen molar-refractivity contribution in [1.82, 2.24) is 4.90 Å². The van der Waals surface area contributed by atoms with Gasteiger partial charge in [0.05, 0.1) is 5.56 Å². The summed E-state index contributed by atoms with van der Waals surface area (Å²) in [6.07, 6.45) is 3.51. The quantitative estimate of drug-likeness (QED) is 0.854. The first-order valence-corrected chi connectivity index (χ1v) is 7.44. The third-order valence-corrected chi connectivity index (χ3v) is 4.21. The van der Waals surface area contributed by atoms with Crippen LogP contribution in [0.2, 0.25) is 0 Å². The molecule has 1 aliphatic rings. The van der Waals surface area contributed by atoms with Gasteiger partial charge in [0.15, 0.2) is 0 Å². The van der Waals surface area contributed by atoms with Gasteiger partial charge in [-0.3, -0.25) is 9.59 Å². The van der Waals surface area contributed by atoms with Gasteiger partial charge in [0.25, 0.3) is 5.91 Å². The Balaban J connectivity index is 2.20. The zero-order valence-corrected chi connectivity index (χ0v) is 12.6. The Bertz CT molecular complexity index is 487. The Morgan fingerprint density at radius 3 is 2.74 bits per heavy atom. The van der Waals surface area contributed by atoms with Gasteiger partial charge in [0.2, 0.25) is 0 Å². The minimum Gasteiger partial charge on any atom is -0.335 e. The maximum Gasteiger partial charge on any atom is 0.255 e. The third kappa shape index (κ3) is 3.44. The van der Waals surface area contributed by atoms with E-state index in [1.165, 1.54) is 0 Å². The minimum absolute atomic E-state index is 0.0263. The first-order valence-electron chi connectivity index (χ1n) is 6.64. The third-order valence-electron chi connectivity index (χ3n) is 3.52. The fourth-order valence-electron chi connectivity index (χ4n) is 2.60. The van der Waals surface area contributed by atoms with E-state index in [9.17, 15) is 9.59 Å². The van der Waals surface area contributed by atoms with Crippen LogP contribution in [0.1, 0.15) is 43.0 Å². The number of ketones is 1. The van der Waals surface area contributed by atoms with Gasteiger partial charge >= 0.3 is 0 Å². The van der Waals surface area contributed by atoms with Crippen molar-refractivity contribution < 1.29 is 9.59 Å². The molecular formula is C15H18BrNO2. The molecular weight excluding hydrogens is 306 g/mol. The van der Waals surface area contributed by atoms with Gasteiger partial charge in [0.1, 0.15) is 5.78 Å². The van der Waals surface area contributed by atoms with Gasteiger partial charge in [-0.05, 0) is 54.2 Å². The smallest absolute Gasteiger partial charge is 0.255 e. The van der Waals surface area contributed by atoms with Crippen LogP contribution in [-0.2, 0) is 4.79 Å². The number of hydrogen-bond acceptors (Lipinski definition) is 2. The Hall–Kier alpha value is -1.16. The van der Waals surface area contributed by atoms with Crippen molar-refractivity contribution in [3.63, 3.8) is 0 Å². The van der Waals surface area contributed by atoms with Crippen molar-refractivity contribution in [2.45, 2.75) is 38.6 Å². The Kier molecular flexibility index (Phi) is 4.75. The van der Waals surface area contributed by atoms with E-state index in [1.54, 1.807) is 6.92 Å². The molecule has 0 aromatic heterocycles. The van der Waals surface area contributed by atoms with E-state index in [4.69, 9.17) is 0 Å². The summed E-state index contributed by atoms with van der Waals surface area (Å²) in [5.41, 5.74) is 0.679. The molecule has 0 N–H and O–H groups in total. The van der Waals surface area contributed by atoms with Crippen LogP contribution in [0, 0.1) is 0 Å². The summed E-state index contributed by atoms with van der Waals surface area (Å²) in [7, 11) is 0. The predicted octanol–water partition coefficient (Wildman–Crippen LogP) is 3.42. The summed E-state index contributed by atoms with van der Waals surface area (Å²) in [6, 6.07) is 7.51. The van der Waals surface area contributed by atoms with Crippen molar-refractivity contribution >= 4 is 27.6 Å². The van der Waals surface area contributed by atoms with E-state index in [1.807, 2.05) is 29.2 Å². The number of rotatable bonds is 3. The second kappa shape index (κ2) is 6.33. The van der Waals surface area contributed by atoms with Crippen LogP contribution in [0.25, 0.3) is 0 Å². The maximum absolute atomic E-state index is 12.6. The first-order chi connectivity index (χ1) is 9.09. The zero-order valence-electron chi connectivity index (χ0n) is 11.1. The average Bonchev–Trinajstić information content (AvgIpc) is 2.38. The van der Waals surface area contributed by atoms with E-state index in [0.29, 0.717) is 12.0 Å². The highest BCUT2D eigenvalue weighted by molar-refractivity contribution is 9.10. The number of Topliss-reactive ketones (excluding diaryl/α,β-unsaturated/α-hetero) is 1. The number of halogens is 1. The topological polar surface area (TPSA) is 37.4 Å². The van der Waals surface area contributed by atoms with Crippen LogP contribution < -0.4 is 0 Å². The van der Waals surface area contributed by atoms with Crippen molar-refractivity contribution in [2.24, 2.45) is 0 Å². The molecule has 0 bridgehead atoms. The number of nitrogens with zero attached hydrogens (tertiary/aromatic N) is 1. The monoisotopic (exact) mass is 323 g/mol. The highest BCUT2D eigenvalue weighted by Crippen LogP contribution is 2.25. The van der Waals surface area contributed by atoms with Gasteiger partial charge in [-0.1, -0.05) is 12.1 Å². The molecule has 1 aromatic rings. The molecule has 1 aromatic carbocycles. The number of carbonyl (C=O) groups excluding carboxylic acids is 2. The number of amides is 1. The Labute approximate surface area is 122 Å². The molecule has 102 valence electrons. The molecule has 4 heteroatoms. The van der Waals surface area contributed by atoms with Crippen molar-refractivity contribution in [3.05, 3.63) is 34.3 Å². The predicted molar refractivity (Wildman–Crippen MR) is 78.1 cm³/mol. The molecule has 1 heterocycles. The highest BCUT2D eigenvalue weighted by Gasteiger charge is 2.28. The molecule has 19 heavy (non-hydrogen) atoms. The average molecular weight is 324 g/mol. The summed E-state index contributed by atoms with van der Waals surface area (Å²) in [6.45, 7) is 2.34. The number of piperidine rings is 1. The Morgan fingerprint density at radius 1 is 1.32 bits per heavy atom. The normalized spacial score (nSPS) is 19.3. The lowest BCUT2D eigenvalue weighted by atomic mass is 9.97. The second-order valence-corrected chi connectivity index (χ2v) is 5.89. The molecule has 0 saturated carbocycles. The second-order valence-electron chi connectivity index (χ2n) is 5.03. The standard InChI is InChI=1S/C15H18BrNO2/c1-11(18)10-12-6-4-5-9-17(12)15(19)13-7-2-3-8-14(13)16/h2-3,7-8,12H,4-6,9-10H2,1H3. The van der Waals surface area contributed by atoms with Crippen LogP contribution in [-0.4, -0.2) is 29.2 Å². The van der Waals surface area contributed by atoms with Gasteiger partial charge in [-0.25, -0.2) is 0 Å². The first kappa shape index (κ1) is 14.3. The summed E-state index contributed by atoms with van der Waals surface area (Å²) < 4.78 is 0.812. The van der Waals surface area contributed by atoms with Crippen LogP contribution in [0.5, 0.6) is 0 Å². The molecule has 0 spiro atoms. The number of carbonyl (C=O) groups is 2. The molecule has 1 amide bonds. The van der Waals surface area contributed by atoms with E-state index in [2.05, 4.69) is 15.9 Å². The molecule has 1 fully saturated rings. The summed E-state index contributed by atoms with van der Waals surface area (Å²) in [5, 5.41) is 0. The van der Waals surface area contributed by atoms with Crippen molar-refractivity contribution in [3.8, 4) is 0 Å². The SMILES string of the molecule is CC(=O)CC1CCCCN1C(=O)c1ccccc1Br. The number of likely N-dealkylation sites (tertiary alicyclic amines) is 1. The fraction of sp³-hybridized carbons (Fsp3) is 0.467. The summed E-state index contributed by atoms with van der Waals surface area (Å²) in [5.74, 6) is 0.176. The van der Waals surface area contributed by atoms with Crippen LogP contribution in [0.3, 0.4) is 0 Å². The molecule has 2 rings (SSSR count). The lowest BCUT2D eigenvalue weighted by molar-refractivity contribution is -0.118. The molecule has 0 radical (unpaired) electrons.